The molecule has 1 unspecified atom stereocenters. The summed E-state index contributed by atoms with van der Waals surface area (Å²) in [5, 5.41) is 0. The van der Waals surface area contributed by atoms with Crippen molar-refractivity contribution in [1.29, 1.82) is 0 Å². The smallest absolute Gasteiger partial charge is 0.311 e. The maximum absolute atomic E-state index is 11.1. The van der Waals surface area contributed by atoms with E-state index in [1.165, 1.54) is 13.2 Å². The summed E-state index contributed by atoms with van der Waals surface area (Å²) in [5.41, 5.74) is -0.128. The maximum Gasteiger partial charge on any atom is 0.345 e. The quantitative estimate of drug-likeness (QED) is 0.373. The van der Waals surface area contributed by atoms with E-state index in [9.17, 15) is 4.57 Å². The highest BCUT2D eigenvalue weighted by atomic mass is 35.5. The van der Waals surface area contributed by atoms with Gasteiger partial charge in [-0.2, -0.15) is 0 Å². The van der Waals surface area contributed by atoms with Gasteiger partial charge >= 0.3 is 7.60 Å². The topological polar surface area (TPSA) is 35.5 Å². The van der Waals surface area contributed by atoms with E-state index in [1.807, 2.05) is 0 Å². The Hall–Kier alpha value is 0.180. The SMILES string of the molecule is C=CCOP(=O)(CCl)OC. The third-order valence-corrected chi connectivity index (χ3v) is 3.08. The van der Waals surface area contributed by atoms with E-state index < -0.39 is 7.60 Å². The van der Waals surface area contributed by atoms with E-state index in [0.717, 1.165) is 0 Å². The van der Waals surface area contributed by atoms with Gasteiger partial charge in [0.25, 0.3) is 0 Å². The van der Waals surface area contributed by atoms with E-state index in [2.05, 4.69) is 11.1 Å². The molecule has 0 aromatic carbocycles. The summed E-state index contributed by atoms with van der Waals surface area (Å²) in [4.78, 5) is 0. The molecular weight excluding hydrogens is 174 g/mol. The fourth-order valence-corrected chi connectivity index (χ4v) is 1.41. The number of halogens is 1. The van der Waals surface area contributed by atoms with E-state index in [-0.39, 0.29) is 12.2 Å². The van der Waals surface area contributed by atoms with Crippen molar-refractivity contribution in [3.63, 3.8) is 0 Å². The Labute approximate surface area is 65.5 Å². The highest BCUT2D eigenvalue weighted by Gasteiger charge is 2.19. The molecule has 1 atom stereocenters. The number of hydrogen-bond acceptors (Lipinski definition) is 3. The summed E-state index contributed by atoms with van der Waals surface area (Å²) < 4.78 is 20.4. The summed E-state index contributed by atoms with van der Waals surface area (Å²) in [6.45, 7) is 3.58. The van der Waals surface area contributed by atoms with Crippen LogP contribution in [0.1, 0.15) is 0 Å². The van der Waals surface area contributed by atoms with Crippen molar-refractivity contribution in [2.75, 3.05) is 19.3 Å². The minimum absolute atomic E-state index is 0.128. The van der Waals surface area contributed by atoms with Crippen molar-refractivity contribution < 1.29 is 13.6 Å². The molecule has 0 aromatic rings. The van der Waals surface area contributed by atoms with Gasteiger partial charge in [-0.3, -0.25) is 4.57 Å². The van der Waals surface area contributed by atoms with Crippen LogP contribution >= 0.6 is 19.2 Å². The third-order valence-electron chi connectivity index (χ3n) is 0.814. The van der Waals surface area contributed by atoms with Crippen molar-refractivity contribution >= 4 is 19.2 Å². The second-order valence-corrected chi connectivity index (χ2v) is 4.30. The summed E-state index contributed by atoms with van der Waals surface area (Å²) >= 11 is 5.30. The Kier molecular flexibility index (Phi) is 5.00. The van der Waals surface area contributed by atoms with Crippen LogP contribution in [0.4, 0.5) is 0 Å². The Bertz CT molecular complexity index is 140. The highest BCUT2D eigenvalue weighted by Crippen LogP contribution is 2.47. The average molecular weight is 185 g/mol. The van der Waals surface area contributed by atoms with Gasteiger partial charge in [0.05, 0.1) is 6.61 Å². The molecule has 0 amide bonds. The lowest BCUT2D eigenvalue weighted by molar-refractivity contribution is 0.259. The van der Waals surface area contributed by atoms with Crippen molar-refractivity contribution in [1.82, 2.24) is 0 Å². The number of rotatable bonds is 5. The lowest BCUT2D eigenvalue weighted by Gasteiger charge is -2.10. The first-order chi connectivity index (χ1) is 4.68. The second kappa shape index (κ2) is 4.91. The van der Waals surface area contributed by atoms with E-state index in [4.69, 9.17) is 16.1 Å². The summed E-state index contributed by atoms with van der Waals surface area (Å²) in [6, 6.07) is 0. The summed E-state index contributed by atoms with van der Waals surface area (Å²) in [5.74, 6) is 0. The van der Waals surface area contributed by atoms with Crippen LogP contribution in [0.5, 0.6) is 0 Å². The monoisotopic (exact) mass is 184 g/mol. The largest absolute Gasteiger partial charge is 0.345 e. The first-order valence-corrected chi connectivity index (χ1v) is 4.91. The summed E-state index contributed by atoms with van der Waals surface area (Å²) in [7, 11) is -1.71. The third kappa shape index (κ3) is 3.37. The van der Waals surface area contributed by atoms with Gasteiger partial charge in [-0.1, -0.05) is 6.08 Å². The summed E-state index contributed by atoms with van der Waals surface area (Å²) in [6.07, 6.45) is 1.48. The van der Waals surface area contributed by atoms with E-state index >= 15 is 0 Å². The standard InChI is InChI=1S/C5H10ClO3P/c1-3-4-9-10(7,5-6)8-2/h3H,1,4-5H2,2H3. The normalized spacial score (nSPS) is 16.2. The van der Waals surface area contributed by atoms with Crippen LogP contribution in [0.25, 0.3) is 0 Å². The molecule has 0 rings (SSSR count). The molecule has 0 radical (unpaired) electrons. The fraction of sp³-hybridized carbons (Fsp3) is 0.600. The zero-order valence-electron chi connectivity index (χ0n) is 5.75. The molecule has 0 saturated carbocycles. The Balaban J connectivity index is 3.81. The molecule has 60 valence electrons. The molecule has 5 heteroatoms. The van der Waals surface area contributed by atoms with Crippen LogP contribution in [0, 0.1) is 0 Å². The molecule has 0 spiro atoms. The van der Waals surface area contributed by atoms with Crippen molar-refractivity contribution in [2.24, 2.45) is 0 Å². The van der Waals surface area contributed by atoms with E-state index in [1.54, 1.807) is 0 Å². The molecule has 0 N–H and O–H groups in total. The first kappa shape index (κ1) is 10.2. The van der Waals surface area contributed by atoms with Gasteiger partial charge in [0, 0.05) is 7.11 Å². The van der Waals surface area contributed by atoms with Crippen LogP contribution < -0.4 is 0 Å². The minimum atomic E-state index is -3.00. The lowest BCUT2D eigenvalue weighted by atomic mass is 10.7. The Morgan fingerprint density at radius 1 is 1.80 bits per heavy atom. The molecule has 0 fully saturated rings. The van der Waals surface area contributed by atoms with Crippen LogP contribution in [-0.4, -0.2) is 19.3 Å². The molecule has 0 aliphatic heterocycles. The van der Waals surface area contributed by atoms with Gasteiger partial charge in [-0.15, -0.1) is 18.2 Å². The zero-order chi connectivity index (χ0) is 8.04. The van der Waals surface area contributed by atoms with Gasteiger partial charge < -0.3 is 9.05 Å². The number of hydrogen-bond donors (Lipinski definition) is 0. The minimum Gasteiger partial charge on any atom is -0.311 e. The molecule has 0 aliphatic carbocycles. The predicted molar refractivity (Wildman–Crippen MR) is 41.5 cm³/mol. The molecule has 0 bridgehead atoms. The number of alkyl halides is 1. The Morgan fingerprint density at radius 2 is 2.40 bits per heavy atom. The van der Waals surface area contributed by atoms with Gasteiger partial charge in [-0.05, 0) is 0 Å². The zero-order valence-corrected chi connectivity index (χ0v) is 7.40. The van der Waals surface area contributed by atoms with Crippen LogP contribution in [-0.2, 0) is 13.6 Å². The van der Waals surface area contributed by atoms with Crippen LogP contribution in [0.2, 0.25) is 0 Å². The van der Waals surface area contributed by atoms with Crippen LogP contribution in [0.3, 0.4) is 0 Å². The molecular formula is C5H10ClO3P. The van der Waals surface area contributed by atoms with Crippen molar-refractivity contribution in [3.8, 4) is 0 Å². The van der Waals surface area contributed by atoms with Gasteiger partial charge in [0.2, 0.25) is 0 Å². The molecule has 10 heavy (non-hydrogen) atoms. The Morgan fingerprint density at radius 3 is 2.70 bits per heavy atom. The van der Waals surface area contributed by atoms with Crippen molar-refractivity contribution in [3.05, 3.63) is 12.7 Å². The molecule has 0 aliphatic rings. The lowest BCUT2D eigenvalue weighted by Crippen LogP contribution is -1.93. The van der Waals surface area contributed by atoms with Gasteiger partial charge in [-0.25, -0.2) is 0 Å². The highest BCUT2D eigenvalue weighted by molar-refractivity contribution is 7.55. The van der Waals surface area contributed by atoms with E-state index in [0.29, 0.717) is 0 Å². The van der Waals surface area contributed by atoms with Crippen LogP contribution in [0.15, 0.2) is 12.7 Å². The molecule has 0 heterocycles. The predicted octanol–water partition coefficient (Wildman–Crippen LogP) is 2.22. The van der Waals surface area contributed by atoms with Gasteiger partial charge in [0.15, 0.2) is 0 Å². The maximum atomic E-state index is 11.1. The fourth-order valence-electron chi connectivity index (χ4n) is 0.302. The average Bonchev–Trinajstić information content (AvgIpc) is 2.00. The molecule has 3 nitrogen and oxygen atoms in total. The molecule has 0 saturated heterocycles. The second-order valence-electron chi connectivity index (χ2n) is 1.50. The first-order valence-electron chi connectivity index (χ1n) is 2.64. The van der Waals surface area contributed by atoms with Gasteiger partial charge in [0.1, 0.15) is 5.62 Å². The molecule has 0 aromatic heterocycles. The van der Waals surface area contributed by atoms with Crippen molar-refractivity contribution in [2.45, 2.75) is 0 Å².